The molecule has 1 unspecified atom stereocenters. The summed E-state index contributed by atoms with van der Waals surface area (Å²) in [4.78, 5) is 2.57. The molecule has 19 heavy (non-hydrogen) atoms. The van der Waals surface area contributed by atoms with Gasteiger partial charge in [0, 0.05) is 12.6 Å². The van der Waals surface area contributed by atoms with E-state index in [9.17, 15) is 0 Å². The number of nitrogens with one attached hydrogen (secondary N) is 1. The van der Waals surface area contributed by atoms with E-state index >= 15 is 0 Å². The van der Waals surface area contributed by atoms with E-state index in [1.54, 1.807) is 6.20 Å². The summed E-state index contributed by atoms with van der Waals surface area (Å²) in [5, 5.41) is 8.45. The number of aromatic nitrogens is 2. The Labute approximate surface area is 121 Å². The number of rotatable bonds is 4. The van der Waals surface area contributed by atoms with Gasteiger partial charge in [0.15, 0.2) is 0 Å². The van der Waals surface area contributed by atoms with Crippen LogP contribution in [0.5, 0.6) is 0 Å². The van der Waals surface area contributed by atoms with E-state index in [4.69, 9.17) is 11.6 Å². The Kier molecular flexibility index (Phi) is 4.54. The van der Waals surface area contributed by atoms with Crippen molar-refractivity contribution in [3.63, 3.8) is 0 Å². The molecular weight excluding hydrogens is 260 g/mol. The molecule has 1 fully saturated rings. The van der Waals surface area contributed by atoms with E-state index in [1.807, 2.05) is 18.8 Å². The predicted octanol–water partition coefficient (Wildman–Crippen LogP) is 2.60. The molecule has 0 saturated carbocycles. The van der Waals surface area contributed by atoms with E-state index in [1.165, 1.54) is 32.4 Å². The van der Waals surface area contributed by atoms with Crippen LogP contribution in [0.3, 0.4) is 0 Å². The minimum atomic E-state index is 0.0204. The molecule has 0 bridgehead atoms. The van der Waals surface area contributed by atoms with Crippen molar-refractivity contribution in [1.82, 2.24) is 20.0 Å². The largest absolute Gasteiger partial charge is 0.310 e. The molecular formula is C14H25ClN4. The van der Waals surface area contributed by atoms with E-state index in [-0.39, 0.29) is 11.6 Å². The minimum absolute atomic E-state index is 0.0204. The lowest BCUT2D eigenvalue weighted by Gasteiger charge is -2.46. The van der Waals surface area contributed by atoms with Gasteiger partial charge in [-0.1, -0.05) is 18.0 Å². The fourth-order valence-electron chi connectivity index (χ4n) is 3.22. The molecule has 1 atom stereocenters. The van der Waals surface area contributed by atoms with Crippen LogP contribution >= 0.6 is 11.6 Å². The van der Waals surface area contributed by atoms with Gasteiger partial charge in [-0.3, -0.25) is 9.58 Å². The number of hydrogen-bond acceptors (Lipinski definition) is 3. The van der Waals surface area contributed by atoms with Crippen LogP contribution in [0.4, 0.5) is 0 Å². The van der Waals surface area contributed by atoms with Crippen LogP contribution in [0.1, 0.15) is 44.8 Å². The molecule has 1 aromatic heterocycles. The maximum Gasteiger partial charge on any atom is 0.0834 e. The third-order valence-corrected chi connectivity index (χ3v) is 4.67. The zero-order valence-electron chi connectivity index (χ0n) is 12.4. The average molecular weight is 285 g/mol. The molecule has 0 spiro atoms. The second-order valence-corrected chi connectivity index (χ2v) is 6.33. The number of halogens is 1. The van der Waals surface area contributed by atoms with Crippen LogP contribution in [0.25, 0.3) is 0 Å². The maximum atomic E-state index is 6.32. The zero-order valence-corrected chi connectivity index (χ0v) is 13.2. The first kappa shape index (κ1) is 14.8. The van der Waals surface area contributed by atoms with Gasteiger partial charge in [-0.25, -0.2) is 0 Å². The van der Waals surface area contributed by atoms with Crippen molar-refractivity contribution in [1.29, 1.82) is 0 Å². The van der Waals surface area contributed by atoms with Crippen molar-refractivity contribution < 1.29 is 0 Å². The molecule has 5 heteroatoms. The first-order valence-corrected chi connectivity index (χ1v) is 7.46. The summed E-state index contributed by atoms with van der Waals surface area (Å²) in [5.74, 6) is 0. The third-order valence-electron chi connectivity index (χ3n) is 4.38. The molecule has 0 aliphatic carbocycles. The van der Waals surface area contributed by atoms with Crippen molar-refractivity contribution in [2.24, 2.45) is 7.05 Å². The molecule has 1 aliphatic rings. The molecule has 1 saturated heterocycles. The average Bonchev–Trinajstić information content (AvgIpc) is 2.72. The predicted molar refractivity (Wildman–Crippen MR) is 79.5 cm³/mol. The van der Waals surface area contributed by atoms with Gasteiger partial charge < -0.3 is 5.32 Å². The lowest BCUT2D eigenvalue weighted by molar-refractivity contribution is 0.0608. The summed E-state index contributed by atoms with van der Waals surface area (Å²) in [6, 6.07) is 0.172. The number of hydrogen-bond donors (Lipinski definition) is 1. The molecule has 1 aliphatic heterocycles. The van der Waals surface area contributed by atoms with Gasteiger partial charge in [-0.15, -0.1) is 0 Å². The Morgan fingerprint density at radius 3 is 2.42 bits per heavy atom. The highest BCUT2D eigenvalue weighted by atomic mass is 35.5. The van der Waals surface area contributed by atoms with Gasteiger partial charge >= 0.3 is 0 Å². The standard InChI is InChI=1S/C14H25ClN4/c1-14(2,19-8-6-5-7-9-19)13(16-3)12-11(15)10-17-18(12)4/h10,13,16H,5-9H2,1-4H3. The van der Waals surface area contributed by atoms with Gasteiger partial charge in [-0.2, -0.15) is 5.10 Å². The molecule has 0 amide bonds. The van der Waals surface area contributed by atoms with Crippen LogP contribution in [-0.2, 0) is 7.05 Å². The summed E-state index contributed by atoms with van der Waals surface area (Å²) >= 11 is 6.32. The van der Waals surface area contributed by atoms with Crippen molar-refractivity contribution in [2.45, 2.75) is 44.7 Å². The Morgan fingerprint density at radius 1 is 1.32 bits per heavy atom. The first-order chi connectivity index (χ1) is 8.98. The summed E-state index contributed by atoms with van der Waals surface area (Å²) in [5.41, 5.74) is 1.09. The van der Waals surface area contributed by atoms with Crippen LogP contribution in [0.15, 0.2) is 6.20 Å². The highest BCUT2D eigenvalue weighted by Crippen LogP contribution is 2.35. The molecule has 1 N–H and O–H groups in total. The smallest absolute Gasteiger partial charge is 0.0834 e. The van der Waals surface area contributed by atoms with Crippen LogP contribution in [0, 0.1) is 0 Å². The van der Waals surface area contributed by atoms with Gasteiger partial charge in [0.2, 0.25) is 0 Å². The third kappa shape index (κ3) is 2.81. The van der Waals surface area contributed by atoms with Crippen molar-refractivity contribution in [3.05, 3.63) is 16.9 Å². The van der Waals surface area contributed by atoms with Crippen LogP contribution in [0.2, 0.25) is 5.02 Å². The van der Waals surface area contributed by atoms with Gasteiger partial charge in [-0.05, 0) is 46.8 Å². The van der Waals surface area contributed by atoms with Crippen molar-refractivity contribution in [2.75, 3.05) is 20.1 Å². The lowest BCUT2D eigenvalue weighted by Crippen LogP contribution is -2.54. The normalized spacial score (nSPS) is 19.6. The minimum Gasteiger partial charge on any atom is -0.310 e. The molecule has 2 heterocycles. The van der Waals surface area contributed by atoms with Crippen molar-refractivity contribution >= 4 is 11.6 Å². The number of aryl methyl sites for hydroxylation is 1. The van der Waals surface area contributed by atoms with Crippen LogP contribution < -0.4 is 5.32 Å². The van der Waals surface area contributed by atoms with E-state index in [2.05, 4.69) is 29.2 Å². The molecule has 1 aromatic rings. The molecule has 0 aromatic carbocycles. The molecule has 4 nitrogen and oxygen atoms in total. The number of piperidine rings is 1. The molecule has 108 valence electrons. The molecule has 0 radical (unpaired) electrons. The van der Waals surface area contributed by atoms with Gasteiger partial charge in [0.1, 0.15) is 0 Å². The number of likely N-dealkylation sites (N-methyl/N-ethyl adjacent to an activating group) is 1. The first-order valence-electron chi connectivity index (χ1n) is 7.08. The fourth-order valence-corrected chi connectivity index (χ4v) is 3.50. The fraction of sp³-hybridized carbons (Fsp3) is 0.786. The summed E-state index contributed by atoms with van der Waals surface area (Å²) in [6.07, 6.45) is 5.66. The second-order valence-electron chi connectivity index (χ2n) is 5.92. The highest BCUT2D eigenvalue weighted by Gasteiger charge is 2.38. The molecule has 2 rings (SSSR count). The van der Waals surface area contributed by atoms with Crippen molar-refractivity contribution in [3.8, 4) is 0 Å². The van der Waals surface area contributed by atoms with Crippen LogP contribution in [-0.4, -0.2) is 40.4 Å². The Balaban J connectivity index is 2.29. The lowest BCUT2D eigenvalue weighted by atomic mass is 9.88. The van der Waals surface area contributed by atoms with E-state index in [0.717, 1.165) is 10.7 Å². The Bertz CT molecular complexity index is 402. The second kappa shape index (κ2) is 5.81. The maximum absolute atomic E-state index is 6.32. The number of likely N-dealkylation sites (tertiary alicyclic amines) is 1. The summed E-state index contributed by atoms with van der Waals surface area (Å²) in [7, 11) is 3.96. The summed E-state index contributed by atoms with van der Waals surface area (Å²) < 4.78 is 1.88. The van der Waals surface area contributed by atoms with E-state index < -0.39 is 0 Å². The van der Waals surface area contributed by atoms with E-state index in [0.29, 0.717) is 0 Å². The zero-order chi connectivity index (χ0) is 14.0. The highest BCUT2D eigenvalue weighted by molar-refractivity contribution is 6.31. The van der Waals surface area contributed by atoms with Gasteiger partial charge in [0.05, 0.1) is 23.0 Å². The quantitative estimate of drug-likeness (QED) is 0.923. The topological polar surface area (TPSA) is 33.1 Å². The van der Waals surface area contributed by atoms with Gasteiger partial charge in [0.25, 0.3) is 0 Å². The number of nitrogens with zero attached hydrogens (tertiary/aromatic N) is 3. The Morgan fingerprint density at radius 2 is 1.95 bits per heavy atom. The SMILES string of the molecule is CNC(c1c(Cl)cnn1C)C(C)(C)N1CCCCC1. The monoisotopic (exact) mass is 284 g/mol. The Hall–Kier alpha value is -0.580. The summed E-state index contributed by atoms with van der Waals surface area (Å²) in [6.45, 7) is 6.92.